The van der Waals surface area contributed by atoms with Gasteiger partial charge in [-0.3, -0.25) is 5.32 Å². The molecule has 0 spiro atoms. The van der Waals surface area contributed by atoms with Crippen molar-refractivity contribution < 1.29 is 0 Å². The summed E-state index contributed by atoms with van der Waals surface area (Å²) in [5, 5.41) is 15.4. The maximum absolute atomic E-state index is 5.16. The summed E-state index contributed by atoms with van der Waals surface area (Å²) in [6.45, 7) is 0. The molecule has 1 aliphatic heterocycles. The SMILES string of the molecule is C1=CC(C2N=C(c3ccccc3)NC(c3ccc4c(c3)sc3c(-c5cccc6sc7ccc(-n8c9ccccc9c9ccccc98)cc7c56)cccc34)N2)=CCC1. The van der Waals surface area contributed by atoms with Gasteiger partial charge in [-0.2, -0.15) is 0 Å². The third-order valence-electron chi connectivity index (χ3n) is 11.7. The molecular formula is C51H36N4S2. The Morgan fingerprint density at radius 3 is 2.18 bits per heavy atom. The number of hydrogen-bond acceptors (Lipinski definition) is 5. The molecule has 57 heavy (non-hydrogen) atoms. The molecule has 0 radical (unpaired) electrons. The van der Waals surface area contributed by atoms with Gasteiger partial charge in [0.1, 0.15) is 18.2 Å². The molecule has 0 bridgehead atoms. The van der Waals surface area contributed by atoms with Crippen LogP contribution in [-0.4, -0.2) is 16.6 Å². The van der Waals surface area contributed by atoms with Crippen molar-refractivity contribution in [1.82, 2.24) is 15.2 Å². The van der Waals surface area contributed by atoms with Gasteiger partial charge in [0.05, 0.1) is 11.0 Å². The number of allylic oxidation sites excluding steroid dienone is 2. The summed E-state index contributed by atoms with van der Waals surface area (Å²) < 4.78 is 7.65. The van der Waals surface area contributed by atoms with E-state index in [1.165, 1.54) is 90.1 Å². The van der Waals surface area contributed by atoms with E-state index < -0.39 is 0 Å². The van der Waals surface area contributed by atoms with Crippen LogP contribution in [0.1, 0.15) is 30.1 Å². The van der Waals surface area contributed by atoms with E-state index in [0.29, 0.717) is 0 Å². The monoisotopic (exact) mass is 768 g/mol. The lowest BCUT2D eigenvalue weighted by Crippen LogP contribution is -2.49. The number of aliphatic imine (C=N–C) groups is 1. The van der Waals surface area contributed by atoms with Crippen LogP contribution in [0.2, 0.25) is 0 Å². The van der Waals surface area contributed by atoms with Crippen molar-refractivity contribution in [2.75, 3.05) is 0 Å². The maximum Gasteiger partial charge on any atom is 0.131 e. The average molecular weight is 769 g/mol. The Balaban J connectivity index is 0.982. The van der Waals surface area contributed by atoms with Crippen molar-refractivity contribution in [3.05, 3.63) is 187 Å². The molecule has 0 amide bonds. The lowest BCUT2D eigenvalue weighted by molar-refractivity contribution is 0.434. The zero-order valence-corrected chi connectivity index (χ0v) is 32.6. The van der Waals surface area contributed by atoms with Gasteiger partial charge in [-0.1, -0.05) is 127 Å². The zero-order chi connectivity index (χ0) is 37.5. The highest BCUT2D eigenvalue weighted by Crippen LogP contribution is 2.46. The van der Waals surface area contributed by atoms with Crippen molar-refractivity contribution in [3.8, 4) is 16.8 Å². The number of fused-ring (bicyclic) bond motifs is 9. The van der Waals surface area contributed by atoms with Gasteiger partial charge in [0.15, 0.2) is 0 Å². The molecular weight excluding hydrogens is 733 g/mol. The minimum atomic E-state index is -0.121. The quantitative estimate of drug-likeness (QED) is 0.183. The van der Waals surface area contributed by atoms with Gasteiger partial charge in [-0.25, -0.2) is 4.99 Å². The molecule has 2 atom stereocenters. The van der Waals surface area contributed by atoms with Crippen molar-refractivity contribution in [3.63, 3.8) is 0 Å². The van der Waals surface area contributed by atoms with E-state index in [1.54, 1.807) is 0 Å². The first kappa shape index (κ1) is 32.9. The number of aromatic nitrogens is 1. The first-order chi connectivity index (χ1) is 28.2. The number of nitrogens with one attached hydrogen (secondary N) is 2. The largest absolute Gasteiger partial charge is 0.350 e. The van der Waals surface area contributed by atoms with Crippen LogP contribution in [0.4, 0.5) is 0 Å². The lowest BCUT2D eigenvalue weighted by Gasteiger charge is -2.33. The number of benzene rings is 7. The second-order valence-corrected chi connectivity index (χ2v) is 17.2. The molecule has 2 unspecified atom stereocenters. The summed E-state index contributed by atoms with van der Waals surface area (Å²) in [7, 11) is 0. The first-order valence-electron chi connectivity index (χ1n) is 19.7. The number of para-hydroxylation sites is 2. The minimum Gasteiger partial charge on any atom is -0.350 e. The van der Waals surface area contributed by atoms with E-state index >= 15 is 0 Å². The first-order valence-corrected chi connectivity index (χ1v) is 21.3. The van der Waals surface area contributed by atoms with E-state index in [4.69, 9.17) is 4.99 Å². The van der Waals surface area contributed by atoms with Crippen LogP contribution in [0.3, 0.4) is 0 Å². The highest BCUT2D eigenvalue weighted by atomic mass is 32.1. The molecule has 0 fully saturated rings. The normalized spacial score (nSPS) is 17.2. The standard InChI is InChI=1S/C51H36N4S2/c1-3-13-31(14-4-1)49-52-50(32-15-5-2-6-16-32)54-51(53-49)33-25-27-37-39-20-11-21-40(48(39)57-46(37)29-33)38-19-12-24-45-47(38)41-30-34(26-28-44(41)56-45)55-42-22-9-7-17-35(42)36-18-8-10-23-43(36)55/h1,3-5,7-30,50-51,54H,2,6H2,(H,52,53). The number of rotatable bonds is 5. The molecule has 0 saturated heterocycles. The second-order valence-electron chi connectivity index (χ2n) is 15.0. The van der Waals surface area contributed by atoms with E-state index in [-0.39, 0.29) is 12.3 Å². The zero-order valence-electron chi connectivity index (χ0n) is 30.9. The molecule has 7 aromatic carbocycles. The highest BCUT2D eigenvalue weighted by molar-refractivity contribution is 7.26. The Labute approximate surface area is 337 Å². The van der Waals surface area contributed by atoms with E-state index in [1.807, 2.05) is 22.7 Å². The third-order valence-corrected chi connectivity index (χ3v) is 14.1. The molecule has 12 rings (SSSR count). The molecule has 1 aliphatic carbocycles. The Morgan fingerprint density at radius 2 is 1.35 bits per heavy atom. The van der Waals surface area contributed by atoms with Gasteiger partial charge < -0.3 is 9.88 Å². The van der Waals surface area contributed by atoms with Gasteiger partial charge >= 0.3 is 0 Å². The highest BCUT2D eigenvalue weighted by Gasteiger charge is 2.27. The smallest absolute Gasteiger partial charge is 0.131 e. The molecule has 3 aromatic heterocycles. The van der Waals surface area contributed by atoms with E-state index in [2.05, 4.69) is 185 Å². The van der Waals surface area contributed by atoms with E-state index in [9.17, 15) is 0 Å². The molecule has 2 N–H and O–H groups in total. The number of nitrogens with zero attached hydrogens (tertiary/aromatic N) is 2. The lowest BCUT2D eigenvalue weighted by atomic mass is 9.97. The maximum atomic E-state index is 5.16. The van der Waals surface area contributed by atoms with Gasteiger partial charge in [-0.15, -0.1) is 22.7 Å². The molecule has 4 heterocycles. The molecule has 6 heteroatoms. The van der Waals surface area contributed by atoms with Crippen molar-refractivity contribution in [2.45, 2.75) is 25.2 Å². The van der Waals surface area contributed by atoms with Crippen LogP contribution in [0.15, 0.2) is 180 Å². The Hall–Kier alpha value is -6.31. The fourth-order valence-electron chi connectivity index (χ4n) is 9.07. The summed E-state index contributed by atoms with van der Waals surface area (Å²) in [5.41, 5.74) is 9.74. The summed E-state index contributed by atoms with van der Waals surface area (Å²) in [6.07, 6.45) is 8.73. The minimum absolute atomic E-state index is 0.0948. The van der Waals surface area contributed by atoms with Crippen molar-refractivity contribution in [2.24, 2.45) is 4.99 Å². The van der Waals surface area contributed by atoms with E-state index in [0.717, 1.165) is 24.2 Å². The summed E-state index contributed by atoms with van der Waals surface area (Å²) in [5.74, 6) is 0.917. The molecule has 4 nitrogen and oxygen atoms in total. The van der Waals surface area contributed by atoms with Gasteiger partial charge in [0, 0.05) is 67.9 Å². The van der Waals surface area contributed by atoms with Gasteiger partial charge in [-0.05, 0) is 72.0 Å². The topological polar surface area (TPSA) is 41.4 Å². The third kappa shape index (κ3) is 5.32. The van der Waals surface area contributed by atoms with Crippen LogP contribution in [0, 0.1) is 0 Å². The summed E-state index contributed by atoms with van der Waals surface area (Å²) in [6, 6.07) is 55.7. The van der Waals surface area contributed by atoms with Crippen LogP contribution >= 0.6 is 22.7 Å². The van der Waals surface area contributed by atoms with Crippen LogP contribution < -0.4 is 10.6 Å². The number of thiophene rings is 2. The molecule has 272 valence electrons. The molecule has 2 aliphatic rings. The summed E-state index contributed by atoms with van der Waals surface area (Å²) in [4.78, 5) is 5.16. The van der Waals surface area contributed by atoms with Gasteiger partial charge in [0.25, 0.3) is 0 Å². The Bertz CT molecular complexity index is 3270. The predicted molar refractivity (Wildman–Crippen MR) is 244 cm³/mol. The van der Waals surface area contributed by atoms with Crippen molar-refractivity contribution in [1.29, 1.82) is 0 Å². The predicted octanol–water partition coefficient (Wildman–Crippen LogP) is 13.4. The van der Waals surface area contributed by atoms with Crippen LogP contribution in [0.5, 0.6) is 0 Å². The average Bonchev–Trinajstić information content (AvgIpc) is 3.96. The molecule has 10 aromatic rings. The fourth-order valence-corrected chi connectivity index (χ4v) is 11.5. The Morgan fingerprint density at radius 1 is 0.579 bits per heavy atom. The second kappa shape index (κ2) is 13.1. The van der Waals surface area contributed by atoms with Gasteiger partial charge in [0.2, 0.25) is 0 Å². The van der Waals surface area contributed by atoms with Crippen molar-refractivity contribution >= 4 is 90.7 Å². The summed E-state index contributed by atoms with van der Waals surface area (Å²) >= 11 is 3.78. The number of hydrogen-bond donors (Lipinski definition) is 2. The van der Waals surface area contributed by atoms with Crippen LogP contribution in [-0.2, 0) is 0 Å². The van der Waals surface area contributed by atoms with Crippen LogP contribution in [0.25, 0.3) is 79.0 Å². The number of amidine groups is 1. The molecule has 0 saturated carbocycles. The fraction of sp³-hybridized carbons (Fsp3) is 0.0784. The Kier molecular flexibility index (Phi) is 7.58.